The van der Waals surface area contributed by atoms with E-state index in [9.17, 15) is 4.79 Å². The summed E-state index contributed by atoms with van der Waals surface area (Å²) in [5.74, 6) is 0.618. The fraction of sp³-hybridized carbons (Fsp3) is 0.375. The Labute approximate surface area is 85.8 Å². The monoisotopic (exact) mass is 210 g/mol. The first-order chi connectivity index (χ1) is 6.74. The molecule has 0 radical (unpaired) electrons. The zero-order valence-corrected chi connectivity index (χ0v) is 8.61. The zero-order valence-electron chi connectivity index (χ0n) is 7.71. The van der Waals surface area contributed by atoms with Crippen molar-refractivity contribution in [2.24, 2.45) is 7.05 Å². The Morgan fingerprint density at radius 3 is 3.07 bits per heavy atom. The summed E-state index contributed by atoms with van der Waals surface area (Å²) >= 11 is 4.07. The summed E-state index contributed by atoms with van der Waals surface area (Å²) in [7, 11) is 1.76. The van der Waals surface area contributed by atoms with Crippen molar-refractivity contribution in [1.29, 1.82) is 0 Å². The summed E-state index contributed by atoms with van der Waals surface area (Å²) in [5, 5.41) is 4.53. The molecule has 0 spiro atoms. The number of hydrogen-bond acceptors (Lipinski definition) is 4. The molecule has 0 N–H and O–H groups in total. The minimum absolute atomic E-state index is 0.0582. The molecule has 2 aromatic heterocycles. The first-order valence-corrected chi connectivity index (χ1v) is 4.85. The van der Waals surface area contributed by atoms with Crippen molar-refractivity contribution in [2.75, 3.05) is 5.75 Å². The highest BCUT2D eigenvalue weighted by molar-refractivity contribution is 7.80. The molecule has 74 valence electrons. The van der Waals surface area contributed by atoms with Gasteiger partial charge in [-0.3, -0.25) is 14.0 Å². The summed E-state index contributed by atoms with van der Waals surface area (Å²) in [6.07, 6.45) is 3.07. The quantitative estimate of drug-likeness (QED) is 0.713. The predicted molar refractivity (Wildman–Crippen MR) is 56.6 cm³/mol. The van der Waals surface area contributed by atoms with Gasteiger partial charge in [0, 0.05) is 19.3 Å². The molecule has 2 aromatic rings. The maximum atomic E-state index is 11.8. The molecule has 0 aliphatic heterocycles. The molecule has 2 heterocycles. The number of hydrogen-bond donors (Lipinski definition) is 1. The van der Waals surface area contributed by atoms with E-state index >= 15 is 0 Å². The second-order valence-corrected chi connectivity index (χ2v) is 3.42. The molecule has 0 unspecified atom stereocenters. The molecule has 14 heavy (non-hydrogen) atoms. The van der Waals surface area contributed by atoms with Crippen molar-refractivity contribution in [3.63, 3.8) is 0 Å². The van der Waals surface area contributed by atoms with E-state index in [-0.39, 0.29) is 5.56 Å². The predicted octanol–water partition coefficient (Wildman–Crippen LogP) is 0.0598. The van der Waals surface area contributed by atoms with Gasteiger partial charge in [0.15, 0.2) is 5.65 Å². The van der Waals surface area contributed by atoms with Crippen LogP contribution >= 0.6 is 12.6 Å². The van der Waals surface area contributed by atoms with Crippen molar-refractivity contribution in [3.05, 3.63) is 22.9 Å². The average molecular weight is 210 g/mol. The third-order valence-corrected chi connectivity index (χ3v) is 2.26. The molecule has 0 bridgehead atoms. The molecule has 0 atom stereocenters. The summed E-state index contributed by atoms with van der Waals surface area (Å²) in [4.78, 5) is 15.9. The van der Waals surface area contributed by atoms with Crippen molar-refractivity contribution in [3.8, 4) is 0 Å². The Kier molecular flexibility index (Phi) is 2.28. The number of nitrogens with zero attached hydrogens (tertiary/aromatic N) is 4. The molecule has 0 saturated carbocycles. The summed E-state index contributed by atoms with van der Waals surface area (Å²) in [6, 6.07) is 0. The summed E-state index contributed by atoms with van der Waals surface area (Å²) in [5.41, 5.74) is 0.558. The lowest BCUT2D eigenvalue weighted by Crippen LogP contribution is -2.21. The van der Waals surface area contributed by atoms with Crippen LogP contribution in [-0.2, 0) is 13.6 Å². The van der Waals surface area contributed by atoms with Crippen LogP contribution < -0.4 is 5.56 Å². The lowest BCUT2D eigenvalue weighted by Gasteiger charge is -2.01. The standard InChI is InChI=1S/C8H10N4OS/c1-11-7-6(4-10-11)8(13)12(2-3-14)5-9-7/h4-5,14H,2-3H2,1H3. The number of thiol groups is 1. The van der Waals surface area contributed by atoms with Crippen molar-refractivity contribution in [1.82, 2.24) is 19.3 Å². The zero-order chi connectivity index (χ0) is 10.1. The van der Waals surface area contributed by atoms with Crippen molar-refractivity contribution in [2.45, 2.75) is 6.54 Å². The van der Waals surface area contributed by atoms with Gasteiger partial charge in [-0.25, -0.2) is 4.98 Å². The average Bonchev–Trinajstić information content (AvgIpc) is 2.54. The smallest absolute Gasteiger partial charge is 0.264 e. The lowest BCUT2D eigenvalue weighted by atomic mass is 10.4. The van der Waals surface area contributed by atoms with Gasteiger partial charge in [-0.15, -0.1) is 0 Å². The van der Waals surface area contributed by atoms with E-state index in [0.717, 1.165) is 0 Å². The second-order valence-electron chi connectivity index (χ2n) is 2.97. The highest BCUT2D eigenvalue weighted by Gasteiger charge is 2.06. The molecule has 0 aromatic carbocycles. The molecule has 0 aliphatic carbocycles. The van der Waals surface area contributed by atoms with Crippen LogP contribution in [0.25, 0.3) is 11.0 Å². The molecule has 0 amide bonds. The van der Waals surface area contributed by atoms with Crippen LogP contribution in [0, 0.1) is 0 Å². The van der Waals surface area contributed by atoms with Gasteiger partial charge in [-0.1, -0.05) is 0 Å². The Morgan fingerprint density at radius 1 is 1.57 bits per heavy atom. The van der Waals surface area contributed by atoms with Crippen LogP contribution in [0.3, 0.4) is 0 Å². The van der Waals surface area contributed by atoms with E-state index in [1.165, 1.54) is 10.9 Å². The lowest BCUT2D eigenvalue weighted by molar-refractivity contribution is 0.719. The van der Waals surface area contributed by atoms with Crippen molar-refractivity contribution >= 4 is 23.7 Å². The van der Waals surface area contributed by atoms with Gasteiger partial charge in [-0.05, 0) is 0 Å². The molecule has 0 saturated heterocycles. The van der Waals surface area contributed by atoms with Gasteiger partial charge in [0.05, 0.1) is 12.5 Å². The Morgan fingerprint density at radius 2 is 2.36 bits per heavy atom. The number of aryl methyl sites for hydroxylation is 2. The van der Waals surface area contributed by atoms with Gasteiger partial charge in [0.25, 0.3) is 5.56 Å². The van der Waals surface area contributed by atoms with E-state index in [2.05, 4.69) is 22.7 Å². The second kappa shape index (κ2) is 3.45. The topological polar surface area (TPSA) is 52.7 Å². The Balaban J connectivity index is 2.70. The highest BCUT2D eigenvalue weighted by Crippen LogP contribution is 2.02. The van der Waals surface area contributed by atoms with Crippen LogP contribution in [-0.4, -0.2) is 25.1 Å². The van der Waals surface area contributed by atoms with Crippen molar-refractivity contribution < 1.29 is 0 Å². The molecule has 0 fully saturated rings. The van der Waals surface area contributed by atoms with E-state index in [4.69, 9.17) is 0 Å². The van der Waals surface area contributed by atoms with E-state index in [1.807, 2.05) is 0 Å². The largest absolute Gasteiger partial charge is 0.298 e. The van der Waals surface area contributed by atoms with E-state index < -0.39 is 0 Å². The minimum atomic E-state index is -0.0582. The summed E-state index contributed by atoms with van der Waals surface area (Å²) in [6.45, 7) is 0.569. The van der Waals surface area contributed by atoms with E-state index in [0.29, 0.717) is 23.3 Å². The van der Waals surface area contributed by atoms with Gasteiger partial charge in [0.1, 0.15) is 5.39 Å². The van der Waals surface area contributed by atoms with Crippen LogP contribution in [0.1, 0.15) is 0 Å². The van der Waals surface area contributed by atoms with Crippen LogP contribution in [0.15, 0.2) is 17.3 Å². The first-order valence-electron chi connectivity index (χ1n) is 4.22. The Hall–Kier alpha value is -1.30. The van der Waals surface area contributed by atoms with Gasteiger partial charge >= 0.3 is 0 Å². The highest BCUT2D eigenvalue weighted by atomic mass is 32.1. The van der Waals surface area contributed by atoms with Gasteiger partial charge < -0.3 is 0 Å². The van der Waals surface area contributed by atoms with Crippen LogP contribution in [0.5, 0.6) is 0 Å². The maximum Gasteiger partial charge on any atom is 0.264 e. The fourth-order valence-corrected chi connectivity index (χ4v) is 1.55. The molecule has 5 nitrogen and oxygen atoms in total. The molecular weight excluding hydrogens is 200 g/mol. The van der Waals surface area contributed by atoms with Crippen LogP contribution in [0.4, 0.5) is 0 Å². The number of fused-ring (bicyclic) bond motifs is 1. The maximum absolute atomic E-state index is 11.8. The van der Waals surface area contributed by atoms with E-state index in [1.54, 1.807) is 17.9 Å². The Bertz CT molecular complexity index is 516. The van der Waals surface area contributed by atoms with Gasteiger partial charge in [0.2, 0.25) is 0 Å². The SMILES string of the molecule is Cn1ncc2c(=O)n(CCS)cnc21. The first kappa shape index (κ1) is 9.26. The van der Waals surface area contributed by atoms with Crippen LogP contribution in [0.2, 0.25) is 0 Å². The van der Waals surface area contributed by atoms with Gasteiger partial charge in [-0.2, -0.15) is 17.7 Å². The molecule has 0 aliphatic rings. The minimum Gasteiger partial charge on any atom is -0.298 e. The third kappa shape index (κ3) is 1.31. The third-order valence-electron chi connectivity index (χ3n) is 2.06. The number of aromatic nitrogens is 4. The number of rotatable bonds is 2. The normalized spacial score (nSPS) is 11.0. The summed E-state index contributed by atoms with van der Waals surface area (Å²) < 4.78 is 3.12. The molecule has 6 heteroatoms. The fourth-order valence-electron chi connectivity index (χ4n) is 1.33. The molecule has 2 rings (SSSR count). The molecular formula is C8H10N4OS.